The van der Waals surface area contributed by atoms with E-state index < -0.39 is 5.78 Å². The van der Waals surface area contributed by atoms with Crippen molar-refractivity contribution in [1.29, 1.82) is 0 Å². The molecule has 0 atom stereocenters. The average molecular weight is 128 g/mol. The van der Waals surface area contributed by atoms with Gasteiger partial charge in [-0.15, -0.1) is 12.8 Å². The first kappa shape index (κ1) is 8.09. The van der Waals surface area contributed by atoms with Crippen molar-refractivity contribution in [3.05, 3.63) is 12.2 Å². The Morgan fingerprint density at radius 2 is 2.10 bits per heavy atom. The summed E-state index contributed by atoms with van der Waals surface area (Å²) in [5, 5.41) is 0. The number of hydrogen-bond acceptors (Lipinski definition) is 1. The van der Waals surface area contributed by atoms with Gasteiger partial charge in [-0.2, -0.15) is 0 Å². The molecule has 0 bridgehead atoms. The van der Waals surface area contributed by atoms with Crippen LogP contribution in [-0.2, 0) is 4.79 Å². The van der Waals surface area contributed by atoms with Gasteiger partial charge in [0, 0.05) is 6.08 Å². The standard InChI is InChI=1S/C9H4O/c1-3-5-6-7-8-9(10)4-2/h1-2,7-8H/b8-7-. The average Bonchev–Trinajstić information content (AvgIpc) is 1.98. The third-order valence-electron chi connectivity index (χ3n) is 0.605. The predicted octanol–water partition coefficient (Wildman–Crippen LogP) is 0.381. The van der Waals surface area contributed by atoms with Gasteiger partial charge < -0.3 is 0 Å². The molecule has 0 unspecified atom stereocenters. The van der Waals surface area contributed by atoms with E-state index in [1.807, 2.05) is 5.92 Å². The Bertz CT molecular complexity index is 283. The van der Waals surface area contributed by atoms with E-state index in [4.69, 9.17) is 12.8 Å². The van der Waals surface area contributed by atoms with Crippen LogP contribution in [-0.4, -0.2) is 5.78 Å². The molecule has 0 aliphatic rings. The number of ketones is 1. The summed E-state index contributed by atoms with van der Waals surface area (Å²) in [7, 11) is 0. The highest BCUT2D eigenvalue weighted by molar-refractivity contribution is 6.03. The Morgan fingerprint density at radius 1 is 1.40 bits per heavy atom. The normalized spacial score (nSPS) is 7.00. The van der Waals surface area contributed by atoms with Crippen LogP contribution < -0.4 is 0 Å². The Hall–Kier alpha value is -1.91. The second-order valence-electron chi connectivity index (χ2n) is 1.26. The first-order valence-corrected chi connectivity index (χ1v) is 2.44. The van der Waals surface area contributed by atoms with Gasteiger partial charge in [0.05, 0.1) is 0 Å². The first-order valence-electron chi connectivity index (χ1n) is 2.44. The molecule has 10 heavy (non-hydrogen) atoms. The van der Waals surface area contributed by atoms with Gasteiger partial charge in [-0.1, -0.05) is 5.92 Å². The minimum absolute atomic E-state index is 0.411. The van der Waals surface area contributed by atoms with Crippen molar-refractivity contribution in [2.24, 2.45) is 0 Å². The van der Waals surface area contributed by atoms with Crippen LogP contribution in [0.15, 0.2) is 12.2 Å². The van der Waals surface area contributed by atoms with E-state index in [0.29, 0.717) is 0 Å². The molecule has 0 aromatic carbocycles. The molecule has 0 saturated carbocycles. The number of hydrogen-bond donors (Lipinski definition) is 0. The first-order chi connectivity index (χ1) is 4.81. The zero-order valence-corrected chi connectivity index (χ0v) is 5.22. The van der Waals surface area contributed by atoms with E-state index in [2.05, 4.69) is 17.8 Å². The predicted molar refractivity (Wildman–Crippen MR) is 39.6 cm³/mol. The van der Waals surface area contributed by atoms with Gasteiger partial charge in [0.25, 0.3) is 0 Å². The largest absolute Gasteiger partial charge is 0.280 e. The van der Waals surface area contributed by atoms with Crippen LogP contribution in [0.5, 0.6) is 0 Å². The molecule has 0 radical (unpaired) electrons. The van der Waals surface area contributed by atoms with Crippen LogP contribution in [0.1, 0.15) is 0 Å². The zero-order chi connectivity index (χ0) is 7.82. The summed E-state index contributed by atoms with van der Waals surface area (Å²) in [6.45, 7) is 0. The molecule has 0 spiro atoms. The molecule has 0 N–H and O–H groups in total. The molecule has 0 saturated heterocycles. The maximum Gasteiger partial charge on any atom is 0.229 e. The molecule has 0 aromatic heterocycles. The summed E-state index contributed by atoms with van der Waals surface area (Å²) < 4.78 is 0. The van der Waals surface area contributed by atoms with E-state index in [1.165, 1.54) is 12.2 Å². The Labute approximate surface area is 60.1 Å². The smallest absolute Gasteiger partial charge is 0.229 e. The summed E-state index contributed by atoms with van der Waals surface area (Å²) >= 11 is 0. The highest BCUT2D eigenvalue weighted by atomic mass is 16.1. The SMILES string of the molecule is C#CC#C/C=C\C(=O)C#C. The number of carbonyl (C=O) groups is 1. The fraction of sp³-hybridized carbons (Fsp3) is 0. The van der Waals surface area contributed by atoms with Gasteiger partial charge >= 0.3 is 0 Å². The van der Waals surface area contributed by atoms with Crippen molar-refractivity contribution in [3.63, 3.8) is 0 Å². The van der Waals surface area contributed by atoms with Crippen LogP contribution in [0.2, 0.25) is 0 Å². The van der Waals surface area contributed by atoms with Crippen LogP contribution in [0.4, 0.5) is 0 Å². The van der Waals surface area contributed by atoms with Crippen molar-refractivity contribution in [1.82, 2.24) is 0 Å². The lowest BCUT2D eigenvalue weighted by atomic mass is 10.3. The van der Waals surface area contributed by atoms with Gasteiger partial charge in [0.1, 0.15) is 0 Å². The molecule has 0 fully saturated rings. The van der Waals surface area contributed by atoms with Gasteiger partial charge in [-0.05, 0) is 23.8 Å². The Kier molecular flexibility index (Phi) is 4.23. The van der Waals surface area contributed by atoms with Crippen LogP contribution in [0, 0.1) is 36.5 Å². The molecule has 0 rings (SSSR count). The third-order valence-corrected chi connectivity index (χ3v) is 0.605. The zero-order valence-electron chi connectivity index (χ0n) is 5.22. The van der Waals surface area contributed by atoms with Crippen molar-refractivity contribution in [3.8, 4) is 36.5 Å². The molecule has 0 heterocycles. The molecular formula is C9H4O. The molecule has 0 aliphatic heterocycles. The minimum atomic E-state index is -0.411. The van der Waals surface area contributed by atoms with E-state index in [9.17, 15) is 4.79 Å². The van der Waals surface area contributed by atoms with E-state index >= 15 is 0 Å². The van der Waals surface area contributed by atoms with Crippen LogP contribution >= 0.6 is 0 Å². The number of allylic oxidation sites excluding steroid dienone is 2. The summed E-state index contributed by atoms with van der Waals surface area (Å²) in [6, 6.07) is 0. The Morgan fingerprint density at radius 3 is 2.60 bits per heavy atom. The number of rotatable bonds is 1. The number of carbonyl (C=O) groups excluding carboxylic acids is 1. The summed E-state index contributed by atoms with van der Waals surface area (Å²) in [6.07, 6.45) is 12.0. The topological polar surface area (TPSA) is 17.1 Å². The van der Waals surface area contributed by atoms with E-state index in [1.54, 1.807) is 0 Å². The molecule has 0 aromatic rings. The van der Waals surface area contributed by atoms with Crippen molar-refractivity contribution in [2.75, 3.05) is 0 Å². The third kappa shape index (κ3) is 4.25. The molecule has 0 amide bonds. The fourth-order valence-electron chi connectivity index (χ4n) is 0.249. The maximum atomic E-state index is 10.3. The quantitative estimate of drug-likeness (QED) is 0.283. The van der Waals surface area contributed by atoms with Gasteiger partial charge in [-0.3, -0.25) is 4.79 Å². The molecule has 46 valence electrons. The fourth-order valence-corrected chi connectivity index (χ4v) is 0.249. The van der Waals surface area contributed by atoms with Crippen molar-refractivity contribution >= 4 is 5.78 Å². The maximum absolute atomic E-state index is 10.3. The van der Waals surface area contributed by atoms with E-state index in [-0.39, 0.29) is 0 Å². The van der Waals surface area contributed by atoms with Crippen LogP contribution in [0.3, 0.4) is 0 Å². The lowest BCUT2D eigenvalue weighted by Gasteiger charge is -1.69. The summed E-state index contributed by atoms with van der Waals surface area (Å²) in [4.78, 5) is 10.3. The second-order valence-corrected chi connectivity index (χ2v) is 1.26. The minimum Gasteiger partial charge on any atom is -0.280 e. The van der Waals surface area contributed by atoms with E-state index in [0.717, 1.165) is 0 Å². The Balaban J connectivity index is 3.95. The monoisotopic (exact) mass is 128 g/mol. The highest BCUT2D eigenvalue weighted by Gasteiger charge is 1.80. The summed E-state index contributed by atoms with van der Waals surface area (Å²) in [5.74, 6) is 8.29. The highest BCUT2D eigenvalue weighted by Crippen LogP contribution is 1.71. The summed E-state index contributed by atoms with van der Waals surface area (Å²) in [5.41, 5.74) is 0. The van der Waals surface area contributed by atoms with Crippen LogP contribution in [0.25, 0.3) is 0 Å². The lowest BCUT2D eigenvalue weighted by Crippen LogP contribution is -1.82. The lowest BCUT2D eigenvalue weighted by molar-refractivity contribution is -0.109. The van der Waals surface area contributed by atoms with Crippen molar-refractivity contribution < 1.29 is 4.79 Å². The van der Waals surface area contributed by atoms with Gasteiger partial charge in [-0.25, -0.2) is 0 Å². The van der Waals surface area contributed by atoms with Gasteiger partial charge in [0.2, 0.25) is 5.78 Å². The molecule has 1 heteroatoms. The molecular weight excluding hydrogens is 124 g/mol. The number of terminal acetylenes is 2. The van der Waals surface area contributed by atoms with Gasteiger partial charge in [0.15, 0.2) is 0 Å². The molecule has 1 nitrogen and oxygen atoms in total. The molecule has 0 aliphatic carbocycles. The van der Waals surface area contributed by atoms with Crippen molar-refractivity contribution in [2.45, 2.75) is 0 Å². The second kappa shape index (κ2) is 5.23.